The summed E-state index contributed by atoms with van der Waals surface area (Å²) in [4.78, 5) is 4.62. The maximum absolute atomic E-state index is 10.4. The lowest BCUT2D eigenvalue weighted by atomic mass is 9.95. The van der Waals surface area contributed by atoms with Gasteiger partial charge in [0, 0.05) is 12.2 Å². The van der Waals surface area contributed by atoms with E-state index >= 15 is 0 Å². The molecule has 2 atom stereocenters. The maximum atomic E-state index is 10.4. The lowest BCUT2D eigenvalue weighted by molar-refractivity contribution is -0.0524. The van der Waals surface area contributed by atoms with E-state index in [1.54, 1.807) is 0 Å². The Morgan fingerprint density at radius 1 is 1.14 bits per heavy atom. The number of aryl methyl sites for hydroxylation is 2. The number of rotatable bonds is 10. The molecule has 1 heterocycles. The van der Waals surface area contributed by atoms with Crippen molar-refractivity contribution in [3.63, 3.8) is 0 Å². The molecule has 0 N–H and O–H groups in total. The topological polar surface area (TPSA) is 87.9 Å². The van der Waals surface area contributed by atoms with Crippen LogP contribution >= 0.6 is 0 Å². The Morgan fingerprint density at radius 3 is 2.69 bits per heavy atom. The molecule has 7 nitrogen and oxygen atoms in total. The molecule has 1 aliphatic carbocycles. The Hall–Kier alpha value is -1.74. The number of aromatic nitrogens is 1. The largest absolute Gasteiger partial charge is 0.441 e. The number of oxazole rings is 1. The molecule has 0 aliphatic heterocycles. The van der Waals surface area contributed by atoms with Crippen LogP contribution in [0.2, 0.25) is 0 Å². The lowest BCUT2D eigenvalue weighted by Gasteiger charge is -2.29. The number of hydrogen-bond acceptors (Lipinski definition) is 7. The fraction of sp³-hybridized carbons (Fsp3) is 0.571. The summed E-state index contributed by atoms with van der Waals surface area (Å²) in [7, 11) is -2.77. The van der Waals surface area contributed by atoms with E-state index in [0.29, 0.717) is 25.5 Å². The number of ether oxygens (including phenoxy) is 2. The minimum absolute atomic E-state index is 0.125. The van der Waals surface area contributed by atoms with Gasteiger partial charge in [-0.25, -0.2) is 13.4 Å². The van der Waals surface area contributed by atoms with Gasteiger partial charge in [-0.05, 0) is 58.1 Å². The van der Waals surface area contributed by atoms with Gasteiger partial charge in [-0.1, -0.05) is 17.7 Å². The first-order valence-electron chi connectivity index (χ1n) is 10.0. The molecule has 8 heteroatoms. The van der Waals surface area contributed by atoms with Gasteiger partial charge >= 0.3 is 0 Å². The molecule has 1 fully saturated rings. The molecule has 1 saturated carbocycles. The molecular weight excluding hydrogens is 394 g/mol. The van der Waals surface area contributed by atoms with Gasteiger partial charge in [-0.15, -0.1) is 0 Å². The summed E-state index contributed by atoms with van der Waals surface area (Å²) in [5.41, 5.74) is 2.96. The van der Waals surface area contributed by atoms with Crippen molar-refractivity contribution in [2.45, 2.75) is 64.8 Å². The zero-order valence-electron chi connectivity index (χ0n) is 17.0. The fourth-order valence-corrected chi connectivity index (χ4v) is 3.79. The third-order valence-corrected chi connectivity index (χ3v) is 5.42. The van der Waals surface area contributed by atoms with Crippen molar-refractivity contribution in [1.29, 1.82) is 0 Å². The van der Waals surface area contributed by atoms with Crippen molar-refractivity contribution >= 4 is 11.0 Å². The second kappa shape index (κ2) is 10.9. The molecule has 3 rings (SSSR count). The molecule has 0 spiro atoms. The normalized spacial score (nSPS) is 19.7. The highest BCUT2D eigenvalue weighted by Crippen LogP contribution is 2.27. The Morgan fingerprint density at radius 2 is 1.93 bits per heavy atom. The predicted octanol–water partition coefficient (Wildman–Crippen LogP) is 3.74. The lowest BCUT2D eigenvalue weighted by Crippen LogP contribution is -2.28. The fourth-order valence-electron chi connectivity index (χ4n) is 3.51. The van der Waals surface area contributed by atoms with Crippen LogP contribution in [0.1, 0.15) is 49.1 Å². The highest BCUT2D eigenvalue weighted by molar-refractivity contribution is 7.67. The summed E-state index contributed by atoms with van der Waals surface area (Å²) >= 11 is 0. The van der Waals surface area contributed by atoms with Crippen molar-refractivity contribution < 1.29 is 26.5 Å². The van der Waals surface area contributed by atoms with Gasteiger partial charge in [0.1, 0.15) is 11.5 Å². The zero-order chi connectivity index (χ0) is 20.6. The molecule has 160 valence electrons. The molecule has 0 amide bonds. The summed E-state index contributed by atoms with van der Waals surface area (Å²) < 4.78 is 43.0. The molecule has 29 heavy (non-hydrogen) atoms. The van der Waals surface area contributed by atoms with E-state index in [4.69, 9.17) is 13.9 Å². The third kappa shape index (κ3) is 6.92. The van der Waals surface area contributed by atoms with Crippen LogP contribution in [0.5, 0.6) is 0 Å². The Bertz CT molecular complexity index is 855. The van der Waals surface area contributed by atoms with Gasteiger partial charge in [-0.3, -0.25) is 4.18 Å². The van der Waals surface area contributed by atoms with E-state index in [2.05, 4.69) is 15.2 Å². The molecule has 1 aliphatic rings. The smallest absolute Gasteiger partial charge is 0.257 e. The second-order valence-electron chi connectivity index (χ2n) is 7.39. The van der Waals surface area contributed by atoms with Crippen LogP contribution < -0.4 is 0 Å². The van der Waals surface area contributed by atoms with E-state index in [1.165, 1.54) is 0 Å². The highest BCUT2D eigenvalue weighted by atomic mass is 32.2. The molecule has 1 aromatic heterocycles. The van der Waals surface area contributed by atoms with Crippen LogP contribution in [-0.2, 0) is 31.2 Å². The van der Waals surface area contributed by atoms with Crippen LogP contribution in [0.15, 0.2) is 28.7 Å². The van der Waals surface area contributed by atoms with E-state index in [-0.39, 0.29) is 18.8 Å². The van der Waals surface area contributed by atoms with Crippen LogP contribution in [0.3, 0.4) is 0 Å². The summed E-state index contributed by atoms with van der Waals surface area (Å²) in [5.74, 6) is 1.40. The van der Waals surface area contributed by atoms with E-state index in [1.807, 2.05) is 32.0 Å². The van der Waals surface area contributed by atoms with Gasteiger partial charge in [0.2, 0.25) is 5.89 Å². The van der Waals surface area contributed by atoms with E-state index in [9.17, 15) is 8.42 Å². The average Bonchev–Trinajstić information content (AvgIpc) is 3.07. The minimum Gasteiger partial charge on any atom is -0.441 e. The number of nitrogens with zero attached hydrogens (tertiary/aromatic N) is 1. The molecular formula is C21H29NO6S. The maximum Gasteiger partial charge on any atom is 0.257 e. The Balaban J connectivity index is 1.46. The van der Waals surface area contributed by atoms with Gasteiger partial charge in [0.25, 0.3) is 11.0 Å². The van der Waals surface area contributed by atoms with Crippen LogP contribution in [-0.4, -0.2) is 38.8 Å². The summed E-state index contributed by atoms with van der Waals surface area (Å²) in [6.07, 6.45) is 4.70. The standard InChI is InChI=1S/C21H29NO6S/c1-15-6-3-7-17(12-15)21-22-20(16(2)28-21)14-26-19-9-4-8-18(13-19)25-10-5-11-27-29(23)24/h3,6-7,12,18-19,29H,4-5,8-11,13-14H2,1-2H3/t18-,19+/m1/s1. The van der Waals surface area contributed by atoms with Gasteiger partial charge < -0.3 is 13.9 Å². The first kappa shape index (κ1) is 22.0. The Labute approximate surface area is 173 Å². The van der Waals surface area contributed by atoms with Crippen molar-refractivity contribution in [2.24, 2.45) is 0 Å². The highest BCUT2D eigenvalue weighted by Gasteiger charge is 2.24. The van der Waals surface area contributed by atoms with Crippen molar-refractivity contribution in [1.82, 2.24) is 4.98 Å². The van der Waals surface area contributed by atoms with Crippen LogP contribution in [0.4, 0.5) is 0 Å². The first-order chi connectivity index (χ1) is 14.0. The summed E-state index contributed by atoms with van der Waals surface area (Å²) in [6, 6.07) is 8.09. The first-order valence-corrected chi connectivity index (χ1v) is 11.1. The van der Waals surface area contributed by atoms with Gasteiger partial charge in [0.15, 0.2) is 0 Å². The number of hydrogen-bond donors (Lipinski definition) is 1. The molecule has 1 aromatic carbocycles. The van der Waals surface area contributed by atoms with Gasteiger partial charge in [0.05, 0.1) is 25.4 Å². The molecule has 0 saturated heterocycles. The number of thiol groups is 1. The van der Waals surface area contributed by atoms with Crippen molar-refractivity contribution in [3.05, 3.63) is 41.3 Å². The monoisotopic (exact) mass is 423 g/mol. The summed E-state index contributed by atoms with van der Waals surface area (Å²) in [6.45, 7) is 5.03. The zero-order valence-corrected chi connectivity index (χ0v) is 17.9. The quantitative estimate of drug-likeness (QED) is 0.460. The molecule has 0 bridgehead atoms. The van der Waals surface area contributed by atoms with Gasteiger partial charge in [-0.2, -0.15) is 0 Å². The van der Waals surface area contributed by atoms with Crippen molar-refractivity contribution in [3.8, 4) is 11.5 Å². The molecule has 2 aromatic rings. The Kier molecular flexibility index (Phi) is 8.23. The van der Waals surface area contributed by atoms with Crippen LogP contribution in [0.25, 0.3) is 11.5 Å². The minimum atomic E-state index is -2.77. The third-order valence-electron chi connectivity index (χ3n) is 5.03. The predicted molar refractivity (Wildman–Crippen MR) is 109 cm³/mol. The van der Waals surface area contributed by atoms with Crippen LogP contribution in [0, 0.1) is 13.8 Å². The SMILES string of the molecule is Cc1cccc(-c2nc(CO[C@H]3CCC[C@@H](OCCCO[SH](=O)=O)C3)c(C)o2)c1. The van der Waals surface area contributed by atoms with Crippen molar-refractivity contribution in [2.75, 3.05) is 13.2 Å². The molecule has 0 unspecified atom stereocenters. The van der Waals surface area contributed by atoms with E-state index in [0.717, 1.165) is 48.3 Å². The second-order valence-corrected chi connectivity index (χ2v) is 8.10. The summed E-state index contributed by atoms with van der Waals surface area (Å²) in [5, 5.41) is 0. The van der Waals surface area contributed by atoms with E-state index < -0.39 is 11.0 Å². The average molecular weight is 424 g/mol. The molecule has 0 radical (unpaired) electrons. The number of benzene rings is 1.